The van der Waals surface area contributed by atoms with Crippen LogP contribution in [0.5, 0.6) is 5.75 Å². The smallest absolute Gasteiger partial charge is 0.251 e. The lowest BCUT2D eigenvalue weighted by atomic mass is 10.0. The number of benzene rings is 3. The fourth-order valence-corrected chi connectivity index (χ4v) is 4.10. The lowest BCUT2D eigenvalue weighted by Gasteiger charge is -2.13. The van der Waals surface area contributed by atoms with Gasteiger partial charge in [-0.25, -0.2) is 19.3 Å². The number of rotatable bonds is 9. The first-order valence-electron chi connectivity index (χ1n) is 12.2. The highest BCUT2D eigenvalue weighted by molar-refractivity contribution is 5.98. The van der Waals surface area contributed by atoms with Crippen LogP contribution < -0.4 is 10.1 Å². The molecular weight excluding hydrogens is 469 g/mol. The third-order valence-electron chi connectivity index (χ3n) is 5.89. The van der Waals surface area contributed by atoms with E-state index in [9.17, 15) is 9.18 Å². The van der Waals surface area contributed by atoms with Crippen molar-refractivity contribution in [2.24, 2.45) is 0 Å². The molecule has 7 nitrogen and oxygen atoms in total. The van der Waals surface area contributed by atoms with Gasteiger partial charge in [-0.1, -0.05) is 12.1 Å². The molecule has 37 heavy (non-hydrogen) atoms. The van der Waals surface area contributed by atoms with Gasteiger partial charge in [-0.3, -0.25) is 4.79 Å². The molecule has 5 aromatic rings. The molecule has 0 saturated carbocycles. The average molecular weight is 496 g/mol. The van der Waals surface area contributed by atoms with Crippen molar-refractivity contribution >= 4 is 16.9 Å². The summed E-state index contributed by atoms with van der Waals surface area (Å²) in [5, 5.41) is 2.96. The highest BCUT2D eigenvalue weighted by atomic mass is 19.1. The van der Waals surface area contributed by atoms with Crippen molar-refractivity contribution in [2.45, 2.75) is 19.8 Å². The minimum absolute atomic E-state index is 0.175. The molecule has 0 spiro atoms. The van der Waals surface area contributed by atoms with Gasteiger partial charge in [0, 0.05) is 42.0 Å². The van der Waals surface area contributed by atoms with E-state index in [1.54, 1.807) is 42.7 Å². The zero-order chi connectivity index (χ0) is 25.6. The molecule has 0 aliphatic rings. The van der Waals surface area contributed by atoms with Gasteiger partial charge in [0.25, 0.3) is 5.91 Å². The van der Waals surface area contributed by atoms with Crippen molar-refractivity contribution in [1.29, 1.82) is 0 Å². The van der Waals surface area contributed by atoms with Crippen LogP contribution in [0.3, 0.4) is 0 Å². The van der Waals surface area contributed by atoms with E-state index >= 15 is 0 Å². The molecule has 0 unspecified atom stereocenters. The number of aromatic nitrogens is 4. The number of imidazole rings is 1. The van der Waals surface area contributed by atoms with E-state index in [1.165, 1.54) is 12.1 Å². The maximum atomic E-state index is 13.6. The Morgan fingerprint density at radius 3 is 2.57 bits per heavy atom. The molecule has 186 valence electrons. The van der Waals surface area contributed by atoms with Crippen LogP contribution in [-0.4, -0.2) is 39.0 Å². The van der Waals surface area contributed by atoms with Crippen molar-refractivity contribution in [3.63, 3.8) is 0 Å². The summed E-state index contributed by atoms with van der Waals surface area (Å²) in [6, 6.07) is 19.1. The Balaban J connectivity index is 1.47. The van der Waals surface area contributed by atoms with Gasteiger partial charge in [-0.15, -0.1) is 0 Å². The summed E-state index contributed by atoms with van der Waals surface area (Å²) in [4.78, 5) is 29.8. The zero-order valence-corrected chi connectivity index (χ0v) is 20.4. The van der Waals surface area contributed by atoms with Crippen LogP contribution in [0.15, 0.2) is 79.1 Å². The van der Waals surface area contributed by atoms with Gasteiger partial charge in [-0.05, 0) is 67.9 Å². The van der Waals surface area contributed by atoms with Crippen molar-refractivity contribution in [1.82, 2.24) is 25.3 Å². The van der Waals surface area contributed by atoms with Gasteiger partial charge >= 0.3 is 0 Å². The van der Waals surface area contributed by atoms with E-state index in [0.29, 0.717) is 41.1 Å². The largest absolute Gasteiger partial charge is 0.494 e. The minimum Gasteiger partial charge on any atom is -0.494 e. The number of halogens is 1. The Hall–Kier alpha value is -4.59. The van der Waals surface area contributed by atoms with Crippen LogP contribution in [0.25, 0.3) is 33.5 Å². The van der Waals surface area contributed by atoms with E-state index in [4.69, 9.17) is 14.7 Å². The molecule has 0 bridgehead atoms. The monoisotopic (exact) mass is 495 g/mol. The number of nitrogens with zero attached hydrogens (tertiary/aromatic N) is 3. The van der Waals surface area contributed by atoms with Gasteiger partial charge in [0.15, 0.2) is 0 Å². The second-order valence-electron chi connectivity index (χ2n) is 8.49. The second-order valence-corrected chi connectivity index (χ2v) is 8.49. The number of nitrogens with one attached hydrogen (secondary N) is 2. The van der Waals surface area contributed by atoms with Crippen LogP contribution in [-0.2, 0) is 6.42 Å². The van der Waals surface area contributed by atoms with E-state index in [-0.39, 0.29) is 11.7 Å². The first kappa shape index (κ1) is 24.1. The molecule has 2 heterocycles. The highest BCUT2D eigenvalue weighted by Crippen LogP contribution is 2.33. The Labute approximate surface area is 213 Å². The fraction of sp³-hybridized carbons (Fsp3) is 0.172. The number of hydrogen-bond acceptors (Lipinski definition) is 5. The van der Waals surface area contributed by atoms with Crippen molar-refractivity contribution < 1.29 is 13.9 Å². The number of hydrogen-bond donors (Lipinski definition) is 2. The van der Waals surface area contributed by atoms with Crippen molar-refractivity contribution in [3.8, 4) is 28.3 Å². The second kappa shape index (κ2) is 11.0. The number of carbonyl (C=O) groups excluding carboxylic acids is 1. The molecule has 2 aromatic heterocycles. The molecule has 3 aromatic carbocycles. The van der Waals surface area contributed by atoms with Gasteiger partial charge in [0.05, 0.1) is 29.0 Å². The molecule has 0 atom stereocenters. The number of fused-ring (bicyclic) bond motifs is 1. The van der Waals surface area contributed by atoms with E-state index in [1.807, 2.05) is 31.2 Å². The van der Waals surface area contributed by atoms with Gasteiger partial charge in [-0.2, -0.15) is 0 Å². The SMILES string of the molecule is CCOc1cccc(-c2nc3cc(C(=O)NCCCc4ncc[nH]4)ccc3nc2-c2ccc(F)cc2)c1. The zero-order valence-electron chi connectivity index (χ0n) is 20.4. The Morgan fingerprint density at radius 1 is 0.973 bits per heavy atom. The molecule has 0 aliphatic heterocycles. The number of aromatic amines is 1. The quantitative estimate of drug-likeness (QED) is 0.260. The summed E-state index contributed by atoms with van der Waals surface area (Å²) in [7, 11) is 0. The third kappa shape index (κ3) is 5.64. The summed E-state index contributed by atoms with van der Waals surface area (Å²) in [6.07, 6.45) is 5.03. The fourth-order valence-electron chi connectivity index (χ4n) is 4.10. The Bertz CT molecular complexity index is 1520. The number of carbonyl (C=O) groups is 1. The summed E-state index contributed by atoms with van der Waals surface area (Å²) >= 11 is 0. The molecule has 1 amide bonds. The maximum Gasteiger partial charge on any atom is 0.251 e. The number of H-pyrrole nitrogens is 1. The average Bonchev–Trinajstić information content (AvgIpc) is 3.44. The Morgan fingerprint density at radius 2 is 1.78 bits per heavy atom. The minimum atomic E-state index is -0.322. The van der Waals surface area contributed by atoms with Crippen molar-refractivity contribution in [2.75, 3.05) is 13.2 Å². The number of aryl methyl sites for hydroxylation is 1. The summed E-state index contributed by atoms with van der Waals surface area (Å²) < 4.78 is 19.3. The molecule has 5 rings (SSSR count). The summed E-state index contributed by atoms with van der Waals surface area (Å²) in [5.41, 5.74) is 4.53. The van der Waals surface area contributed by atoms with E-state index in [0.717, 1.165) is 35.5 Å². The van der Waals surface area contributed by atoms with Gasteiger partial charge in [0.2, 0.25) is 0 Å². The molecule has 0 fully saturated rings. The van der Waals surface area contributed by atoms with Crippen LogP contribution >= 0.6 is 0 Å². The van der Waals surface area contributed by atoms with Crippen LogP contribution in [0, 0.1) is 5.82 Å². The summed E-state index contributed by atoms with van der Waals surface area (Å²) in [6.45, 7) is 3.00. The summed E-state index contributed by atoms with van der Waals surface area (Å²) in [5.74, 6) is 1.12. The topological polar surface area (TPSA) is 92.8 Å². The molecule has 0 saturated heterocycles. The standard InChI is InChI=1S/C29H26FN5O2/c1-2-37-23-6-3-5-20(17-23)28-27(19-8-11-22(30)12-9-19)34-24-13-10-21(18-25(24)35-28)29(36)33-14-4-7-26-31-15-16-32-26/h3,5-6,8-13,15-18H,2,4,7,14H2,1H3,(H,31,32)(H,33,36). The van der Waals surface area contributed by atoms with Crippen LogP contribution in [0.2, 0.25) is 0 Å². The highest BCUT2D eigenvalue weighted by Gasteiger charge is 2.16. The molecule has 0 radical (unpaired) electrons. The predicted molar refractivity (Wildman–Crippen MR) is 141 cm³/mol. The molecular formula is C29H26FN5O2. The molecule has 0 aliphatic carbocycles. The van der Waals surface area contributed by atoms with Crippen LogP contribution in [0.4, 0.5) is 4.39 Å². The lowest BCUT2D eigenvalue weighted by Crippen LogP contribution is -2.24. The van der Waals surface area contributed by atoms with Crippen LogP contribution in [0.1, 0.15) is 29.5 Å². The van der Waals surface area contributed by atoms with Crippen molar-refractivity contribution in [3.05, 3.63) is 96.3 Å². The lowest BCUT2D eigenvalue weighted by molar-refractivity contribution is 0.0953. The third-order valence-corrected chi connectivity index (χ3v) is 5.89. The van der Waals surface area contributed by atoms with Gasteiger partial charge in [0.1, 0.15) is 17.4 Å². The first-order valence-corrected chi connectivity index (χ1v) is 12.2. The predicted octanol–water partition coefficient (Wildman–Crippen LogP) is 5.59. The van der Waals surface area contributed by atoms with Gasteiger partial charge < -0.3 is 15.0 Å². The first-order chi connectivity index (χ1) is 18.1. The van der Waals surface area contributed by atoms with E-state index in [2.05, 4.69) is 15.3 Å². The molecule has 8 heteroatoms. The normalized spacial score (nSPS) is 11.0. The number of ether oxygens (including phenoxy) is 1. The van der Waals surface area contributed by atoms with E-state index < -0.39 is 0 Å². The number of amides is 1. The molecule has 2 N–H and O–H groups in total. The maximum absolute atomic E-state index is 13.6. The Kier molecular flexibility index (Phi) is 7.16.